The highest BCUT2D eigenvalue weighted by Crippen LogP contribution is 2.26. The van der Waals surface area contributed by atoms with Gasteiger partial charge in [0.2, 0.25) is 0 Å². The maximum absolute atomic E-state index is 12.3. The van der Waals surface area contributed by atoms with Gasteiger partial charge in [-0.15, -0.1) is 0 Å². The van der Waals surface area contributed by atoms with Gasteiger partial charge in [-0.05, 0) is 53.6 Å². The first-order chi connectivity index (χ1) is 8.09. The molecule has 0 radical (unpaired) electrons. The number of phenols is 1. The molecule has 0 aliphatic heterocycles. The van der Waals surface area contributed by atoms with E-state index in [1.807, 2.05) is 7.05 Å². The molecule has 0 saturated heterocycles. The van der Waals surface area contributed by atoms with Crippen molar-refractivity contribution in [2.75, 3.05) is 7.05 Å². The van der Waals surface area contributed by atoms with E-state index in [-0.39, 0.29) is 11.7 Å². The molecule has 1 aromatic rings. The monoisotopic (exact) mass is 345 g/mol. The SMILES string of the molecule is CN(C(=O)c1cc(I)ccc1O)C1CCCC1. The van der Waals surface area contributed by atoms with Crippen LogP contribution >= 0.6 is 22.6 Å². The van der Waals surface area contributed by atoms with E-state index in [1.165, 1.54) is 12.8 Å². The Kier molecular flexibility index (Phi) is 3.91. The summed E-state index contributed by atoms with van der Waals surface area (Å²) in [6, 6.07) is 5.45. The molecule has 2 rings (SSSR count). The number of carbonyl (C=O) groups excluding carboxylic acids is 1. The molecular formula is C13H16INO2. The Morgan fingerprint density at radius 3 is 2.71 bits per heavy atom. The van der Waals surface area contributed by atoms with Crippen LogP contribution in [0, 0.1) is 3.57 Å². The molecule has 0 aromatic heterocycles. The van der Waals surface area contributed by atoms with E-state index in [0.29, 0.717) is 11.6 Å². The van der Waals surface area contributed by atoms with Gasteiger partial charge in [0.1, 0.15) is 5.75 Å². The van der Waals surface area contributed by atoms with E-state index >= 15 is 0 Å². The normalized spacial score (nSPS) is 16.1. The zero-order chi connectivity index (χ0) is 12.4. The second-order valence-corrected chi connectivity index (χ2v) is 5.76. The van der Waals surface area contributed by atoms with Crippen LogP contribution in [0.15, 0.2) is 18.2 Å². The number of rotatable bonds is 2. The summed E-state index contributed by atoms with van der Waals surface area (Å²) in [6.45, 7) is 0. The summed E-state index contributed by atoms with van der Waals surface area (Å²) in [6.07, 6.45) is 4.54. The molecular weight excluding hydrogens is 329 g/mol. The molecule has 0 heterocycles. The van der Waals surface area contributed by atoms with Crippen LogP contribution in [0.3, 0.4) is 0 Å². The molecule has 0 bridgehead atoms. The van der Waals surface area contributed by atoms with Gasteiger partial charge in [-0.2, -0.15) is 0 Å². The zero-order valence-corrected chi connectivity index (χ0v) is 12.0. The second-order valence-electron chi connectivity index (χ2n) is 4.52. The lowest BCUT2D eigenvalue weighted by atomic mass is 10.1. The fraction of sp³-hybridized carbons (Fsp3) is 0.462. The topological polar surface area (TPSA) is 40.5 Å². The molecule has 1 N–H and O–H groups in total. The van der Waals surface area contributed by atoms with Crippen molar-refractivity contribution in [3.05, 3.63) is 27.3 Å². The molecule has 4 heteroatoms. The van der Waals surface area contributed by atoms with Gasteiger partial charge in [0.15, 0.2) is 0 Å². The third-order valence-electron chi connectivity index (χ3n) is 3.38. The Bertz CT molecular complexity index is 427. The van der Waals surface area contributed by atoms with Crippen LogP contribution in [0.1, 0.15) is 36.0 Å². The number of aromatic hydroxyl groups is 1. The fourth-order valence-corrected chi connectivity index (χ4v) is 2.82. The highest BCUT2D eigenvalue weighted by atomic mass is 127. The lowest BCUT2D eigenvalue weighted by Gasteiger charge is -2.24. The first-order valence-corrected chi connectivity index (χ1v) is 6.93. The van der Waals surface area contributed by atoms with Crippen LogP contribution in [0.2, 0.25) is 0 Å². The Hall–Kier alpha value is -0.780. The maximum Gasteiger partial charge on any atom is 0.257 e. The first kappa shape index (κ1) is 12.7. The van der Waals surface area contributed by atoms with Gasteiger partial charge < -0.3 is 10.0 Å². The Labute approximate surface area is 115 Å². The van der Waals surface area contributed by atoms with Gasteiger partial charge in [0.25, 0.3) is 5.91 Å². The van der Waals surface area contributed by atoms with Crippen molar-refractivity contribution in [3.8, 4) is 5.75 Å². The van der Waals surface area contributed by atoms with Crippen molar-refractivity contribution in [1.82, 2.24) is 4.90 Å². The number of halogens is 1. The molecule has 1 saturated carbocycles. The minimum absolute atomic E-state index is 0.0697. The predicted octanol–water partition coefficient (Wildman–Crippen LogP) is 3.01. The lowest BCUT2D eigenvalue weighted by Crippen LogP contribution is -2.35. The molecule has 0 unspecified atom stereocenters. The minimum atomic E-state index is -0.0760. The Morgan fingerprint density at radius 1 is 1.41 bits per heavy atom. The molecule has 3 nitrogen and oxygen atoms in total. The standard InChI is InChI=1S/C13H16INO2/c1-15(10-4-2-3-5-10)13(17)11-8-9(14)6-7-12(11)16/h6-8,10,16H,2-5H2,1H3. The number of nitrogens with zero attached hydrogens (tertiary/aromatic N) is 1. The van der Waals surface area contributed by atoms with Gasteiger partial charge in [0, 0.05) is 16.7 Å². The van der Waals surface area contributed by atoms with E-state index in [0.717, 1.165) is 16.4 Å². The van der Waals surface area contributed by atoms with Crippen molar-refractivity contribution >= 4 is 28.5 Å². The fourth-order valence-electron chi connectivity index (χ4n) is 2.33. The van der Waals surface area contributed by atoms with Gasteiger partial charge >= 0.3 is 0 Å². The van der Waals surface area contributed by atoms with E-state index in [9.17, 15) is 9.90 Å². The first-order valence-electron chi connectivity index (χ1n) is 5.85. The average Bonchev–Trinajstić information content (AvgIpc) is 2.84. The smallest absolute Gasteiger partial charge is 0.257 e. The van der Waals surface area contributed by atoms with Gasteiger partial charge in [-0.3, -0.25) is 4.79 Å². The number of carbonyl (C=O) groups is 1. The third kappa shape index (κ3) is 2.73. The van der Waals surface area contributed by atoms with Crippen molar-refractivity contribution in [1.29, 1.82) is 0 Å². The quantitative estimate of drug-likeness (QED) is 0.838. The van der Waals surface area contributed by atoms with Gasteiger partial charge in [0.05, 0.1) is 5.56 Å². The molecule has 17 heavy (non-hydrogen) atoms. The molecule has 1 fully saturated rings. The van der Waals surface area contributed by atoms with Gasteiger partial charge in [-0.25, -0.2) is 0 Å². The van der Waals surface area contributed by atoms with Crippen LogP contribution in [0.25, 0.3) is 0 Å². The van der Waals surface area contributed by atoms with E-state index < -0.39 is 0 Å². The summed E-state index contributed by atoms with van der Waals surface area (Å²) in [5, 5.41) is 9.75. The third-order valence-corrected chi connectivity index (χ3v) is 4.05. The van der Waals surface area contributed by atoms with Crippen LogP contribution in [0.5, 0.6) is 5.75 Å². The van der Waals surface area contributed by atoms with Crippen molar-refractivity contribution < 1.29 is 9.90 Å². The zero-order valence-electron chi connectivity index (χ0n) is 9.82. The largest absolute Gasteiger partial charge is 0.507 e. The number of phenolic OH excluding ortho intramolecular Hbond substituents is 1. The average molecular weight is 345 g/mol. The van der Waals surface area contributed by atoms with Crippen molar-refractivity contribution in [2.24, 2.45) is 0 Å². The molecule has 1 aliphatic rings. The summed E-state index contributed by atoms with van der Waals surface area (Å²) >= 11 is 2.15. The van der Waals surface area contributed by atoms with Crippen LogP contribution in [-0.4, -0.2) is 29.0 Å². The molecule has 1 aliphatic carbocycles. The maximum atomic E-state index is 12.3. The Balaban J connectivity index is 2.20. The van der Waals surface area contributed by atoms with E-state index in [2.05, 4.69) is 22.6 Å². The summed E-state index contributed by atoms with van der Waals surface area (Å²) in [5.41, 5.74) is 0.409. The molecule has 92 valence electrons. The summed E-state index contributed by atoms with van der Waals surface area (Å²) in [4.78, 5) is 14.0. The molecule has 0 atom stereocenters. The van der Waals surface area contributed by atoms with Crippen LogP contribution < -0.4 is 0 Å². The van der Waals surface area contributed by atoms with E-state index in [1.54, 1.807) is 23.1 Å². The minimum Gasteiger partial charge on any atom is -0.507 e. The Morgan fingerprint density at radius 2 is 2.06 bits per heavy atom. The molecule has 1 amide bonds. The van der Waals surface area contributed by atoms with Crippen LogP contribution in [0.4, 0.5) is 0 Å². The summed E-state index contributed by atoms with van der Waals surface area (Å²) in [7, 11) is 1.83. The number of benzene rings is 1. The number of amides is 1. The summed E-state index contributed by atoms with van der Waals surface area (Å²) in [5.74, 6) is -0.00632. The van der Waals surface area contributed by atoms with Crippen LogP contribution in [-0.2, 0) is 0 Å². The van der Waals surface area contributed by atoms with E-state index in [4.69, 9.17) is 0 Å². The summed E-state index contributed by atoms with van der Waals surface area (Å²) < 4.78 is 0.962. The highest BCUT2D eigenvalue weighted by Gasteiger charge is 2.25. The van der Waals surface area contributed by atoms with Crippen molar-refractivity contribution in [2.45, 2.75) is 31.7 Å². The molecule has 0 spiro atoms. The second kappa shape index (κ2) is 5.25. The van der Waals surface area contributed by atoms with Gasteiger partial charge in [-0.1, -0.05) is 12.8 Å². The van der Waals surface area contributed by atoms with Crippen molar-refractivity contribution in [3.63, 3.8) is 0 Å². The lowest BCUT2D eigenvalue weighted by molar-refractivity contribution is 0.0732. The predicted molar refractivity (Wildman–Crippen MR) is 75.2 cm³/mol. The molecule has 1 aromatic carbocycles. The number of hydrogen-bond acceptors (Lipinski definition) is 2. The highest BCUT2D eigenvalue weighted by molar-refractivity contribution is 14.1. The number of hydrogen-bond donors (Lipinski definition) is 1.